The summed E-state index contributed by atoms with van der Waals surface area (Å²) >= 11 is 0. The van der Waals surface area contributed by atoms with Crippen LogP contribution in [0, 0.1) is 6.92 Å². The average Bonchev–Trinajstić information content (AvgIpc) is 2.67. The molecule has 0 spiro atoms. The summed E-state index contributed by atoms with van der Waals surface area (Å²) in [5.74, 6) is 2.09. The van der Waals surface area contributed by atoms with Crippen molar-refractivity contribution >= 4 is 0 Å². The van der Waals surface area contributed by atoms with Crippen LogP contribution in [0.1, 0.15) is 24.2 Å². The van der Waals surface area contributed by atoms with Gasteiger partial charge in [-0.1, -0.05) is 6.07 Å². The molecule has 0 aliphatic carbocycles. The number of benzene rings is 1. The van der Waals surface area contributed by atoms with E-state index in [2.05, 4.69) is 5.10 Å². The first-order valence-corrected chi connectivity index (χ1v) is 6.14. The fraction of sp³-hybridized carbons (Fsp3) is 0.357. The Bertz CT molecular complexity index is 576. The topological polar surface area (TPSA) is 62.3 Å². The zero-order valence-electron chi connectivity index (χ0n) is 11.7. The van der Waals surface area contributed by atoms with Gasteiger partial charge in [-0.15, -0.1) is 0 Å². The van der Waals surface area contributed by atoms with Crippen molar-refractivity contribution in [3.63, 3.8) is 0 Å². The Morgan fingerprint density at radius 3 is 2.53 bits per heavy atom. The summed E-state index contributed by atoms with van der Waals surface area (Å²) in [6.07, 6.45) is 0. The highest BCUT2D eigenvalue weighted by Crippen LogP contribution is 2.35. The van der Waals surface area contributed by atoms with Crippen molar-refractivity contribution in [2.45, 2.75) is 19.9 Å². The maximum absolute atomic E-state index is 6.01. The quantitative estimate of drug-likeness (QED) is 0.918. The summed E-state index contributed by atoms with van der Waals surface area (Å²) in [5, 5.41) is 4.25. The Kier molecular flexibility index (Phi) is 3.76. The first kappa shape index (κ1) is 13.4. The summed E-state index contributed by atoms with van der Waals surface area (Å²) in [6, 6.07) is 7.33. The average molecular weight is 261 g/mol. The number of ether oxygens (including phenoxy) is 2. The molecule has 2 rings (SSSR count). The lowest BCUT2D eigenvalue weighted by molar-refractivity contribution is 0.389. The van der Waals surface area contributed by atoms with Gasteiger partial charge in [0.25, 0.3) is 0 Å². The third-order valence-electron chi connectivity index (χ3n) is 2.87. The lowest BCUT2D eigenvalue weighted by atomic mass is 10.1. The molecule has 0 amide bonds. The van der Waals surface area contributed by atoms with E-state index in [1.54, 1.807) is 11.8 Å². The maximum atomic E-state index is 6.01. The van der Waals surface area contributed by atoms with E-state index in [9.17, 15) is 0 Å². The molecule has 0 aliphatic rings. The van der Waals surface area contributed by atoms with E-state index in [1.807, 2.05) is 45.2 Å². The number of nitrogens with zero attached hydrogens (tertiary/aromatic N) is 2. The Balaban J connectivity index is 2.42. The van der Waals surface area contributed by atoms with Gasteiger partial charge in [-0.05, 0) is 26.0 Å². The molecule has 1 aromatic carbocycles. The van der Waals surface area contributed by atoms with E-state index in [0.29, 0.717) is 11.6 Å². The second-order valence-electron chi connectivity index (χ2n) is 4.51. The van der Waals surface area contributed by atoms with Gasteiger partial charge in [0.15, 0.2) is 0 Å². The number of rotatable bonds is 4. The van der Waals surface area contributed by atoms with Gasteiger partial charge >= 0.3 is 0 Å². The van der Waals surface area contributed by atoms with E-state index in [0.717, 1.165) is 17.0 Å². The SMILES string of the molecule is COc1cccc(Oc2cc(C)nn2C)c1C(C)N. The molecule has 19 heavy (non-hydrogen) atoms. The normalized spacial score (nSPS) is 12.3. The van der Waals surface area contributed by atoms with Gasteiger partial charge < -0.3 is 15.2 Å². The highest BCUT2D eigenvalue weighted by atomic mass is 16.5. The smallest absolute Gasteiger partial charge is 0.217 e. The Labute approximate surface area is 112 Å². The van der Waals surface area contributed by atoms with Gasteiger partial charge in [0, 0.05) is 19.2 Å². The number of aromatic nitrogens is 2. The minimum atomic E-state index is -0.180. The zero-order valence-corrected chi connectivity index (χ0v) is 11.7. The van der Waals surface area contributed by atoms with Crippen LogP contribution in [0.3, 0.4) is 0 Å². The van der Waals surface area contributed by atoms with Crippen LogP contribution in [-0.4, -0.2) is 16.9 Å². The van der Waals surface area contributed by atoms with Crippen LogP contribution in [0.5, 0.6) is 17.4 Å². The Morgan fingerprint density at radius 2 is 2.00 bits per heavy atom. The van der Waals surface area contributed by atoms with E-state index in [-0.39, 0.29) is 6.04 Å². The molecule has 2 aromatic rings. The van der Waals surface area contributed by atoms with Crippen LogP contribution in [-0.2, 0) is 7.05 Å². The first-order valence-electron chi connectivity index (χ1n) is 6.14. The molecule has 1 aromatic heterocycles. The molecular weight excluding hydrogens is 242 g/mol. The van der Waals surface area contributed by atoms with Crippen LogP contribution in [0.15, 0.2) is 24.3 Å². The number of aryl methyl sites for hydroxylation is 2. The highest BCUT2D eigenvalue weighted by molar-refractivity contribution is 5.47. The molecular formula is C14H19N3O2. The molecule has 0 fully saturated rings. The van der Waals surface area contributed by atoms with Gasteiger partial charge in [0.1, 0.15) is 11.5 Å². The van der Waals surface area contributed by atoms with Crippen molar-refractivity contribution in [2.75, 3.05) is 7.11 Å². The van der Waals surface area contributed by atoms with Crippen molar-refractivity contribution in [2.24, 2.45) is 12.8 Å². The minimum Gasteiger partial charge on any atom is -0.496 e. The number of methoxy groups -OCH3 is 1. The second-order valence-corrected chi connectivity index (χ2v) is 4.51. The van der Waals surface area contributed by atoms with Gasteiger partial charge in [-0.25, -0.2) is 4.68 Å². The van der Waals surface area contributed by atoms with Gasteiger partial charge in [0.05, 0.1) is 18.4 Å². The second kappa shape index (κ2) is 5.32. The fourth-order valence-electron chi connectivity index (χ4n) is 2.03. The molecule has 0 bridgehead atoms. The highest BCUT2D eigenvalue weighted by Gasteiger charge is 2.16. The van der Waals surface area contributed by atoms with Crippen molar-refractivity contribution in [1.29, 1.82) is 0 Å². The van der Waals surface area contributed by atoms with E-state index in [1.165, 1.54) is 0 Å². The predicted octanol–water partition coefficient (Wildman–Crippen LogP) is 2.55. The monoisotopic (exact) mass is 261 g/mol. The molecule has 0 aliphatic heterocycles. The summed E-state index contributed by atoms with van der Waals surface area (Å²) in [5.41, 5.74) is 7.76. The lowest BCUT2D eigenvalue weighted by Crippen LogP contribution is -2.09. The molecule has 0 radical (unpaired) electrons. The van der Waals surface area contributed by atoms with Crippen molar-refractivity contribution in [1.82, 2.24) is 9.78 Å². The zero-order chi connectivity index (χ0) is 14.0. The van der Waals surface area contributed by atoms with Crippen LogP contribution >= 0.6 is 0 Å². The summed E-state index contributed by atoms with van der Waals surface area (Å²) in [4.78, 5) is 0. The van der Waals surface area contributed by atoms with Gasteiger partial charge in [-0.3, -0.25) is 0 Å². The summed E-state index contributed by atoms with van der Waals surface area (Å²) < 4.78 is 12.9. The molecule has 5 heteroatoms. The molecule has 0 saturated heterocycles. The fourth-order valence-corrected chi connectivity index (χ4v) is 2.03. The molecule has 1 atom stereocenters. The Hall–Kier alpha value is -2.01. The molecule has 102 valence electrons. The van der Waals surface area contributed by atoms with Crippen LogP contribution in [0.2, 0.25) is 0 Å². The number of hydrogen-bond donors (Lipinski definition) is 1. The number of nitrogens with two attached hydrogens (primary N) is 1. The lowest BCUT2D eigenvalue weighted by Gasteiger charge is -2.16. The van der Waals surface area contributed by atoms with Crippen molar-refractivity contribution in [3.8, 4) is 17.4 Å². The molecule has 0 saturated carbocycles. The molecule has 1 heterocycles. The molecule has 1 unspecified atom stereocenters. The predicted molar refractivity (Wildman–Crippen MR) is 73.6 cm³/mol. The van der Waals surface area contributed by atoms with Gasteiger partial charge in [0.2, 0.25) is 5.88 Å². The summed E-state index contributed by atoms with van der Waals surface area (Å²) in [7, 11) is 3.47. The minimum absolute atomic E-state index is 0.180. The number of hydrogen-bond acceptors (Lipinski definition) is 4. The van der Waals surface area contributed by atoms with Crippen molar-refractivity contribution < 1.29 is 9.47 Å². The van der Waals surface area contributed by atoms with Crippen LogP contribution in [0.25, 0.3) is 0 Å². The third-order valence-corrected chi connectivity index (χ3v) is 2.87. The third kappa shape index (κ3) is 2.71. The van der Waals surface area contributed by atoms with Crippen molar-refractivity contribution in [3.05, 3.63) is 35.5 Å². The van der Waals surface area contributed by atoms with Crippen LogP contribution in [0.4, 0.5) is 0 Å². The van der Waals surface area contributed by atoms with E-state index < -0.39 is 0 Å². The standard InChI is InChI=1S/C14H19N3O2/c1-9-8-13(17(3)16-9)19-12-7-5-6-11(18-4)14(12)10(2)15/h5-8,10H,15H2,1-4H3. The maximum Gasteiger partial charge on any atom is 0.217 e. The molecule has 5 nitrogen and oxygen atoms in total. The molecule has 2 N–H and O–H groups in total. The van der Waals surface area contributed by atoms with E-state index >= 15 is 0 Å². The van der Waals surface area contributed by atoms with Crippen LogP contribution < -0.4 is 15.2 Å². The van der Waals surface area contributed by atoms with E-state index in [4.69, 9.17) is 15.2 Å². The van der Waals surface area contributed by atoms with Gasteiger partial charge in [-0.2, -0.15) is 5.10 Å². The largest absolute Gasteiger partial charge is 0.496 e. The Morgan fingerprint density at radius 1 is 1.32 bits per heavy atom. The first-order chi connectivity index (χ1) is 9.02. The summed E-state index contributed by atoms with van der Waals surface area (Å²) in [6.45, 7) is 3.82.